The largest absolute Gasteiger partial charge is 0.493 e. The Bertz CT molecular complexity index is 725. The summed E-state index contributed by atoms with van der Waals surface area (Å²) in [6.45, 7) is 0.345. The lowest BCUT2D eigenvalue weighted by Crippen LogP contribution is -2.22. The number of ether oxygens (including phenoxy) is 3. The van der Waals surface area contributed by atoms with Crippen LogP contribution in [0.2, 0.25) is 0 Å². The number of esters is 1. The highest BCUT2D eigenvalue weighted by atomic mass is 16.5. The van der Waals surface area contributed by atoms with E-state index in [0.29, 0.717) is 29.2 Å². The fourth-order valence-corrected chi connectivity index (χ4v) is 2.15. The van der Waals surface area contributed by atoms with E-state index in [0.717, 1.165) is 5.56 Å². The lowest BCUT2D eigenvalue weighted by Gasteiger charge is -2.10. The smallest absolute Gasteiger partial charge is 0.337 e. The van der Waals surface area contributed by atoms with Gasteiger partial charge < -0.3 is 19.5 Å². The zero-order valence-corrected chi connectivity index (χ0v) is 13.8. The Kier molecular flexibility index (Phi) is 5.78. The molecule has 0 spiro atoms. The first-order valence-corrected chi connectivity index (χ1v) is 7.26. The van der Waals surface area contributed by atoms with Crippen molar-refractivity contribution in [1.82, 2.24) is 5.32 Å². The third-order valence-electron chi connectivity index (χ3n) is 3.47. The Morgan fingerprint density at radius 2 is 1.50 bits per heavy atom. The van der Waals surface area contributed by atoms with Crippen LogP contribution in [-0.4, -0.2) is 33.2 Å². The van der Waals surface area contributed by atoms with E-state index in [2.05, 4.69) is 10.1 Å². The molecular formula is C18H19NO5. The van der Waals surface area contributed by atoms with Crippen LogP contribution in [-0.2, 0) is 11.3 Å². The van der Waals surface area contributed by atoms with Gasteiger partial charge in [-0.2, -0.15) is 0 Å². The van der Waals surface area contributed by atoms with E-state index in [1.54, 1.807) is 50.6 Å². The van der Waals surface area contributed by atoms with Gasteiger partial charge >= 0.3 is 5.97 Å². The molecular weight excluding hydrogens is 310 g/mol. The van der Waals surface area contributed by atoms with Crippen LogP contribution in [0, 0.1) is 0 Å². The lowest BCUT2D eigenvalue weighted by molar-refractivity contribution is 0.0600. The fourth-order valence-electron chi connectivity index (χ4n) is 2.15. The topological polar surface area (TPSA) is 73.9 Å². The molecule has 1 N–H and O–H groups in total. The first-order valence-electron chi connectivity index (χ1n) is 7.26. The average molecular weight is 329 g/mol. The molecule has 0 aliphatic rings. The molecule has 2 aromatic rings. The van der Waals surface area contributed by atoms with Gasteiger partial charge in [0.05, 0.1) is 26.9 Å². The molecule has 0 aliphatic heterocycles. The summed E-state index contributed by atoms with van der Waals surface area (Å²) < 4.78 is 15.0. The summed E-state index contributed by atoms with van der Waals surface area (Å²) in [5.74, 6) is 0.561. The molecule has 2 aromatic carbocycles. The van der Waals surface area contributed by atoms with Gasteiger partial charge in [0.15, 0.2) is 11.5 Å². The zero-order chi connectivity index (χ0) is 17.5. The summed E-state index contributed by atoms with van der Waals surface area (Å²) in [5.41, 5.74) is 1.74. The second-order valence-electron chi connectivity index (χ2n) is 4.94. The van der Waals surface area contributed by atoms with Crippen molar-refractivity contribution in [2.24, 2.45) is 0 Å². The van der Waals surface area contributed by atoms with Crippen LogP contribution in [0.3, 0.4) is 0 Å². The molecule has 0 radical (unpaired) electrons. The number of benzene rings is 2. The molecule has 0 saturated heterocycles. The number of carbonyl (C=O) groups excluding carboxylic acids is 2. The number of amides is 1. The van der Waals surface area contributed by atoms with E-state index in [1.165, 1.54) is 7.11 Å². The number of carbonyl (C=O) groups is 2. The van der Waals surface area contributed by atoms with Crippen molar-refractivity contribution in [3.63, 3.8) is 0 Å². The maximum absolute atomic E-state index is 12.2. The number of hydrogen-bond acceptors (Lipinski definition) is 5. The highest BCUT2D eigenvalue weighted by Crippen LogP contribution is 2.27. The van der Waals surface area contributed by atoms with Gasteiger partial charge in [-0.25, -0.2) is 4.79 Å². The van der Waals surface area contributed by atoms with Gasteiger partial charge in [0.25, 0.3) is 5.91 Å². The Balaban J connectivity index is 2.01. The van der Waals surface area contributed by atoms with Crippen LogP contribution in [0.25, 0.3) is 0 Å². The van der Waals surface area contributed by atoms with E-state index in [9.17, 15) is 9.59 Å². The van der Waals surface area contributed by atoms with Crippen molar-refractivity contribution in [2.45, 2.75) is 6.54 Å². The molecule has 0 bridgehead atoms. The monoisotopic (exact) mass is 329 g/mol. The molecule has 2 rings (SSSR count). The summed E-state index contributed by atoms with van der Waals surface area (Å²) in [4.78, 5) is 23.5. The van der Waals surface area contributed by atoms with Crippen molar-refractivity contribution in [2.75, 3.05) is 21.3 Å². The van der Waals surface area contributed by atoms with Crippen LogP contribution in [0.5, 0.6) is 11.5 Å². The second kappa shape index (κ2) is 8.01. The molecule has 0 saturated carbocycles. The van der Waals surface area contributed by atoms with Crippen LogP contribution in [0.4, 0.5) is 0 Å². The third-order valence-corrected chi connectivity index (χ3v) is 3.47. The number of hydrogen-bond donors (Lipinski definition) is 1. The number of nitrogens with one attached hydrogen (secondary N) is 1. The Morgan fingerprint density at radius 3 is 2.08 bits per heavy atom. The van der Waals surface area contributed by atoms with Crippen molar-refractivity contribution in [3.8, 4) is 11.5 Å². The number of methoxy groups -OCH3 is 3. The molecule has 0 aromatic heterocycles. The maximum Gasteiger partial charge on any atom is 0.337 e. The maximum atomic E-state index is 12.2. The van der Waals surface area contributed by atoms with Gasteiger partial charge in [-0.15, -0.1) is 0 Å². The first-order chi connectivity index (χ1) is 11.6. The SMILES string of the molecule is COC(=O)c1ccc(C(=O)NCc2ccc(OC)c(OC)c2)cc1. The van der Waals surface area contributed by atoms with E-state index < -0.39 is 5.97 Å². The Hall–Kier alpha value is -3.02. The average Bonchev–Trinajstić information content (AvgIpc) is 2.65. The Labute approximate surface area is 140 Å². The van der Waals surface area contributed by atoms with Crippen LogP contribution in [0.1, 0.15) is 26.3 Å². The minimum atomic E-state index is -0.438. The van der Waals surface area contributed by atoms with Gasteiger partial charge in [0.1, 0.15) is 0 Å². The molecule has 0 atom stereocenters. The molecule has 0 fully saturated rings. The van der Waals surface area contributed by atoms with Crippen LogP contribution >= 0.6 is 0 Å². The second-order valence-corrected chi connectivity index (χ2v) is 4.94. The normalized spacial score (nSPS) is 9.96. The summed E-state index contributed by atoms with van der Waals surface area (Å²) in [7, 11) is 4.44. The predicted molar refractivity (Wildman–Crippen MR) is 88.5 cm³/mol. The minimum absolute atomic E-state index is 0.235. The molecule has 6 heteroatoms. The van der Waals surface area contributed by atoms with Gasteiger partial charge in [-0.05, 0) is 42.0 Å². The lowest BCUT2D eigenvalue weighted by atomic mass is 10.1. The highest BCUT2D eigenvalue weighted by Gasteiger charge is 2.10. The molecule has 0 unspecified atom stereocenters. The zero-order valence-electron chi connectivity index (χ0n) is 13.8. The number of rotatable bonds is 6. The quantitative estimate of drug-likeness (QED) is 0.824. The van der Waals surface area contributed by atoms with Crippen molar-refractivity contribution in [3.05, 3.63) is 59.2 Å². The van der Waals surface area contributed by atoms with Crippen LogP contribution in [0.15, 0.2) is 42.5 Å². The standard InChI is InChI=1S/C18H19NO5/c1-22-15-9-4-12(10-16(15)23-2)11-19-17(20)13-5-7-14(8-6-13)18(21)24-3/h4-10H,11H2,1-3H3,(H,19,20). The van der Waals surface area contributed by atoms with Gasteiger partial charge in [0, 0.05) is 12.1 Å². The van der Waals surface area contributed by atoms with Gasteiger partial charge in [0.2, 0.25) is 0 Å². The van der Waals surface area contributed by atoms with E-state index in [4.69, 9.17) is 9.47 Å². The molecule has 0 aliphatic carbocycles. The van der Waals surface area contributed by atoms with E-state index in [-0.39, 0.29) is 5.91 Å². The van der Waals surface area contributed by atoms with E-state index in [1.807, 2.05) is 6.07 Å². The first kappa shape index (κ1) is 17.3. The highest BCUT2D eigenvalue weighted by molar-refractivity contribution is 5.96. The summed E-state index contributed by atoms with van der Waals surface area (Å²) in [6.07, 6.45) is 0. The van der Waals surface area contributed by atoms with Crippen molar-refractivity contribution in [1.29, 1.82) is 0 Å². The predicted octanol–water partition coefficient (Wildman–Crippen LogP) is 2.42. The molecule has 126 valence electrons. The summed E-state index contributed by atoms with van der Waals surface area (Å²) >= 11 is 0. The van der Waals surface area contributed by atoms with Crippen LogP contribution < -0.4 is 14.8 Å². The molecule has 24 heavy (non-hydrogen) atoms. The minimum Gasteiger partial charge on any atom is -0.493 e. The third kappa shape index (κ3) is 4.04. The van der Waals surface area contributed by atoms with Gasteiger partial charge in [-0.3, -0.25) is 4.79 Å². The summed E-state index contributed by atoms with van der Waals surface area (Å²) in [6, 6.07) is 11.7. The van der Waals surface area contributed by atoms with Gasteiger partial charge in [-0.1, -0.05) is 6.07 Å². The molecule has 0 heterocycles. The summed E-state index contributed by atoms with van der Waals surface area (Å²) in [5, 5.41) is 2.82. The Morgan fingerprint density at radius 1 is 0.875 bits per heavy atom. The van der Waals surface area contributed by atoms with Crippen molar-refractivity contribution >= 4 is 11.9 Å². The van der Waals surface area contributed by atoms with Crippen molar-refractivity contribution < 1.29 is 23.8 Å². The molecule has 6 nitrogen and oxygen atoms in total. The molecule has 1 amide bonds. The van der Waals surface area contributed by atoms with E-state index >= 15 is 0 Å². The fraction of sp³-hybridized carbons (Fsp3) is 0.222.